The van der Waals surface area contributed by atoms with Crippen LogP contribution in [0.5, 0.6) is 0 Å². The Balaban J connectivity index is 4.38. The van der Waals surface area contributed by atoms with Gasteiger partial charge in [-0.2, -0.15) is 0 Å². The standard InChI is InChI=1S/C50H90NO8P/c1-6-8-10-12-14-16-18-20-22-24-25-27-28-30-32-34-36-38-40-42-49(52)56-46-48(47-58-60(54,55)57-45-44-51(3,4)5)59-50(53)43-41-39-37-35-33-31-29-26-23-21-19-17-15-13-11-9-7-2/h14,16-17,19-20,22,25,27,30,32,48H,6-13,15,18,21,23-24,26,28-29,31,33-47H2,1-5H3/p+1/b16-14+,19-17+,22-20+,27-25+,32-30+/t48-/m1/s1. The molecule has 0 aromatic rings. The van der Waals surface area contributed by atoms with Crippen LogP contribution in [0.25, 0.3) is 0 Å². The molecule has 0 amide bonds. The first kappa shape index (κ1) is 57.7. The van der Waals surface area contributed by atoms with E-state index in [1.807, 2.05) is 21.1 Å². The molecule has 0 saturated heterocycles. The highest BCUT2D eigenvalue weighted by atomic mass is 31.2. The van der Waals surface area contributed by atoms with Gasteiger partial charge in [0.25, 0.3) is 0 Å². The van der Waals surface area contributed by atoms with E-state index in [2.05, 4.69) is 74.6 Å². The summed E-state index contributed by atoms with van der Waals surface area (Å²) in [6.07, 6.45) is 51.2. The minimum atomic E-state index is -4.39. The lowest BCUT2D eigenvalue weighted by Gasteiger charge is -2.24. The molecule has 0 fully saturated rings. The molecule has 0 spiro atoms. The smallest absolute Gasteiger partial charge is 0.462 e. The molecule has 10 heteroatoms. The van der Waals surface area contributed by atoms with E-state index in [9.17, 15) is 19.0 Å². The topological polar surface area (TPSA) is 108 Å². The molecule has 0 rings (SSSR count). The zero-order valence-electron chi connectivity index (χ0n) is 39.2. The first-order valence-electron chi connectivity index (χ1n) is 24.0. The molecule has 0 heterocycles. The monoisotopic (exact) mass is 865 g/mol. The van der Waals surface area contributed by atoms with Crippen molar-refractivity contribution in [3.8, 4) is 0 Å². The molecule has 0 radical (unpaired) electrons. The Bertz CT molecular complexity index is 1210. The van der Waals surface area contributed by atoms with E-state index in [4.69, 9.17) is 18.5 Å². The van der Waals surface area contributed by atoms with Gasteiger partial charge in [-0.25, -0.2) is 4.57 Å². The maximum Gasteiger partial charge on any atom is 0.472 e. The average Bonchev–Trinajstić information content (AvgIpc) is 3.20. The molecule has 1 N–H and O–H groups in total. The van der Waals surface area contributed by atoms with Crippen molar-refractivity contribution in [3.63, 3.8) is 0 Å². The van der Waals surface area contributed by atoms with Crippen LogP contribution in [0.15, 0.2) is 60.8 Å². The van der Waals surface area contributed by atoms with Crippen LogP contribution >= 0.6 is 7.82 Å². The molecule has 0 saturated carbocycles. The van der Waals surface area contributed by atoms with Crippen LogP contribution in [0.1, 0.15) is 194 Å². The van der Waals surface area contributed by atoms with E-state index in [-0.39, 0.29) is 26.1 Å². The normalized spacial score (nSPS) is 14.0. The van der Waals surface area contributed by atoms with Crippen LogP contribution in [0, 0.1) is 0 Å². The molecule has 2 atom stereocenters. The number of phosphoric ester groups is 1. The van der Waals surface area contributed by atoms with Gasteiger partial charge in [0.05, 0.1) is 27.7 Å². The van der Waals surface area contributed by atoms with E-state index in [0.29, 0.717) is 23.9 Å². The van der Waals surface area contributed by atoms with Crippen molar-refractivity contribution < 1.29 is 42.1 Å². The lowest BCUT2D eigenvalue weighted by Crippen LogP contribution is -2.37. The van der Waals surface area contributed by atoms with Crippen LogP contribution in [0.2, 0.25) is 0 Å². The maximum absolute atomic E-state index is 12.7. The zero-order valence-corrected chi connectivity index (χ0v) is 40.1. The molecular weight excluding hydrogens is 774 g/mol. The molecule has 60 heavy (non-hydrogen) atoms. The fourth-order valence-electron chi connectivity index (χ4n) is 6.23. The second kappa shape index (κ2) is 42.0. The SMILES string of the molecule is CCCCC/C=C/C/C=C/C/C=C/C/C=C/CCCCCC(=O)OC[C@H](COP(=O)(O)OCC[N+](C)(C)C)OC(=O)CCCCCCCCCCC/C=C/CCCCCC. The lowest BCUT2D eigenvalue weighted by molar-refractivity contribution is -0.870. The van der Waals surface area contributed by atoms with Gasteiger partial charge in [0.2, 0.25) is 0 Å². The van der Waals surface area contributed by atoms with Crippen LogP contribution < -0.4 is 0 Å². The Hall–Kier alpha value is -2.29. The summed E-state index contributed by atoms with van der Waals surface area (Å²) in [7, 11) is 1.45. The number of carbonyl (C=O) groups excluding carboxylic acids is 2. The number of hydrogen-bond acceptors (Lipinski definition) is 7. The highest BCUT2D eigenvalue weighted by Crippen LogP contribution is 2.43. The Kier molecular flexibility index (Phi) is 40.4. The number of likely N-dealkylation sites (N-methyl/N-ethyl adjacent to an activating group) is 1. The summed E-state index contributed by atoms with van der Waals surface area (Å²) in [5.74, 6) is -0.838. The van der Waals surface area contributed by atoms with Crippen molar-refractivity contribution in [3.05, 3.63) is 60.8 Å². The highest BCUT2D eigenvalue weighted by molar-refractivity contribution is 7.47. The molecule has 0 aliphatic rings. The Morgan fingerprint density at radius 3 is 1.40 bits per heavy atom. The van der Waals surface area contributed by atoms with Gasteiger partial charge in [-0.15, -0.1) is 0 Å². The van der Waals surface area contributed by atoms with Crippen LogP contribution in [-0.2, 0) is 32.7 Å². The van der Waals surface area contributed by atoms with E-state index in [0.717, 1.165) is 57.8 Å². The van der Waals surface area contributed by atoms with Crippen molar-refractivity contribution in [1.29, 1.82) is 0 Å². The number of nitrogens with zero attached hydrogens (tertiary/aromatic N) is 1. The summed E-state index contributed by atoms with van der Waals surface area (Å²) in [6.45, 7) is 4.35. The second-order valence-electron chi connectivity index (χ2n) is 17.1. The molecule has 0 bridgehead atoms. The van der Waals surface area contributed by atoms with Gasteiger partial charge < -0.3 is 18.9 Å². The fourth-order valence-corrected chi connectivity index (χ4v) is 6.97. The van der Waals surface area contributed by atoms with Gasteiger partial charge >= 0.3 is 19.8 Å². The first-order valence-corrected chi connectivity index (χ1v) is 25.5. The third-order valence-corrected chi connectivity index (χ3v) is 11.0. The molecule has 348 valence electrons. The van der Waals surface area contributed by atoms with Crippen molar-refractivity contribution in [2.45, 2.75) is 200 Å². The van der Waals surface area contributed by atoms with Gasteiger partial charge in [0.1, 0.15) is 19.8 Å². The zero-order chi connectivity index (χ0) is 44.3. The summed E-state index contributed by atoms with van der Waals surface area (Å²) in [6, 6.07) is 0. The minimum absolute atomic E-state index is 0.0238. The van der Waals surface area contributed by atoms with Gasteiger partial charge in [0.15, 0.2) is 6.10 Å². The Labute approximate surface area is 368 Å². The molecular formula is C50H91NO8P+. The van der Waals surface area contributed by atoms with Gasteiger partial charge in [-0.1, -0.05) is 158 Å². The largest absolute Gasteiger partial charge is 0.472 e. The molecule has 1 unspecified atom stereocenters. The number of allylic oxidation sites excluding steroid dienone is 10. The maximum atomic E-state index is 12.7. The van der Waals surface area contributed by atoms with Crippen molar-refractivity contribution >= 4 is 19.8 Å². The lowest BCUT2D eigenvalue weighted by atomic mass is 10.1. The molecule has 0 aliphatic heterocycles. The predicted molar refractivity (Wildman–Crippen MR) is 252 cm³/mol. The Morgan fingerprint density at radius 1 is 0.517 bits per heavy atom. The predicted octanol–water partition coefficient (Wildman–Crippen LogP) is 14.0. The van der Waals surface area contributed by atoms with E-state index >= 15 is 0 Å². The summed E-state index contributed by atoms with van der Waals surface area (Å²) in [5, 5.41) is 0. The van der Waals surface area contributed by atoms with Crippen molar-refractivity contribution in [1.82, 2.24) is 0 Å². The molecule has 0 aromatic heterocycles. The number of phosphoric acid groups is 1. The highest BCUT2D eigenvalue weighted by Gasteiger charge is 2.27. The van der Waals surface area contributed by atoms with Crippen LogP contribution in [0.3, 0.4) is 0 Å². The van der Waals surface area contributed by atoms with Gasteiger partial charge in [0, 0.05) is 12.8 Å². The minimum Gasteiger partial charge on any atom is -0.462 e. The van der Waals surface area contributed by atoms with Crippen LogP contribution in [-0.4, -0.2) is 74.9 Å². The number of ether oxygens (including phenoxy) is 2. The summed E-state index contributed by atoms with van der Waals surface area (Å²) >= 11 is 0. The van der Waals surface area contributed by atoms with Gasteiger partial charge in [-0.05, 0) is 83.5 Å². The summed E-state index contributed by atoms with van der Waals surface area (Å²) in [4.78, 5) is 35.5. The summed E-state index contributed by atoms with van der Waals surface area (Å²) in [5.41, 5.74) is 0. The van der Waals surface area contributed by atoms with Crippen molar-refractivity contribution in [2.75, 3.05) is 47.5 Å². The van der Waals surface area contributed by atoms with E-state index in [1.165, 1.54) is 96.3 Å². The second-order valence-corrected chi connectivity index (χ2v) is 18.6. The molecule has 0 aliphatic carbocycles. The van der Waals surface area contributed by atoms with Crippen LogP contribution in [0.4, 0.5) is 0 Å². The number of rotatable bonds is 43. The molecule has 0 aromatic carbocycles. The van der Waals surface area contributed by atoms with E-state index in [1.54, 1.807) is 0 Å². The third kappa shape index (κ3) is 45.2. The number of hydrogen-bond donors (Lipinski definition) is 1. The first-order chi connectivity index (χ1) is 29.0. The Morgan fingerprint density at radius 2 is 0.900 bits per heavy atom. The fraction of sp³-hybridized carbons (Fsp3) is 0.760. The molecule has 9 nitrogen and oxygen atoms in total. The summed E-state index contributed by atoms with van der Waals surface area (Å²) < 4.78 is 34.4. The average molecular weight is 865 g/mol. The quantitative estimate of drug-likeness (QED) is 0.0212. The number of quaternary nitrogens is 1. The third-order valence-electron chi connectivity index (χ3n) is 10.0. The number of unbranched alkanes of at least 4 members (excludes halogenated alkanes) is 19. The number of esters is 2. The van der Waals surface area contributed by atoms with Crippen molar-refractivity contribution in [2.24, 2.45) is 0 Å². The number of carbonyl (C=O) groups is 2. The van der Waals surface area contributed by atoms with Gasteiger partial charge in [-0.3, -0.25) is 18.6 Å². The van der Waals surface area contributed by atoms with E-state index < -0.39 is 32.5 Å².